The number of nitrogens with zero attached hydrogens (tertiary/aromatic N) is 2. The van der Waals surface area contributed by atoms with Crippen LogP contribution < -0.4 is 0 Å². The van der Waals surface area contributed by atoms with Crippen molar-refractivity contribution in [3.8, 4) is 0 Å². The molecular formula is C15H16N2O4S. The molecule has 1 aliphatic rings. The molecule has 2 rings (SSSR count). The Morgan fingerprint density at radius 2 is 2.27 bits per heavy atom. The lowest BCUT2D eigenvalue weighted by molar-refractivity contribution is -0.150. The summed E-state index contributed by atoms with van der Waals surface area (Å²) in [5.41, 5.74) is 0.718. The van der Waals surface area contributed by atoms with Gasteiger partial charge in [0.1, 0.15) is 6.54 Å². The fourth-order valence-corrected chi connectivity index (χ4v) is 2.56. The van der Waals surface area contributed by atoms with E-state index >= 15 is 0 Å². The number of thioether (sulfide) groups is 1. The highest BCUT2D eigenvalue weighted by Gasteiger charge is 2.36. The van der Waals surface area contributed by atoms with E-state index in [-0.39, 0.29) is 17.6 Å². The van der Waals surface area contributed by atoms with E-state index in [9.17, 15) is 14.4 Å². The number of amides is 2. The van der Waals surface area contributed by atoms with Gasteiger partial charge in [-0.2, -0.15) is 0 Å². The van der Waals surface area contributed by atoms with Crippen LogP contribution in [0.25, 0.3) is 6.08 Å². The topological polar surface area (TPSA) is 76.6 Å². The summed E-state index contributed by atoms with van der Waals surface area (Å²) in [6.07, 6.45) is 5.23. The number of esters is 1. The summed E-state index contributed by atoms with van der Waals surface area (Å²) in [6, 6.07) is 3.51. The van der Waals surface area contributed by atoms with Crippen molar-refractivity contribution in [3.63, 3.8) is 0 Å². The van der Waals surface area contributed by atoms with Crippen molar-refractivity contribution in [3.05, 3.63) is 35.0 Å². The van der Waals surface area contributed by atoms with Crippen LogP contribution in [-0.4, -0.2) is 39.6 Å². The first-order valence-electron chi connectivity index (χ1n) is 6.86. The quantitative estimate of drug-likeness (QED) is 0.613. The van der Waals surface area contributed by atoms with Gasteiger partial charge in [0, 0.05) is 12.4 Å². The second-order valence-corrected chi connectivity index (χ2v) is 5.76. The number of hydrogen-bond acceptors (Lipinski definition) is 6. The molecule has 0 aliphatic carbocycles. The Balaban J connectivity index is 2.06. The highest BCUT2D eigenvalue weighted by molar-refractivity contribution is 8.18. The van der Waals surface area contributed by atoms with E-state index < -0.39 is 17.1 Å². The molecule has 0 aromatic carbocycles. The number of carbonyl (C=O) groups excluding carboxylic acids is 3. The molecule has 22 heavy (non-hydrogen) atoms. The molecule has 6 nitrogen and oxygen atoms in total. The molecule has 0 spiro atoms. The highest BCUT2D eigenvalue weighted by Crippen LogP contribution is 2.31. The van der Waals surface area contributed by atoms with Crippen LogP contribution in [0, 0.1) is 0 Å². The summed E-state index contributed by atoms with van der Waals surface area (Å²) in [4.78, 5) is 40.9. The van der Waals surface area contributed by atoms with Crippen molar-refractivity contribution < 1.29 is 19.1 Å². The molecule has 0 radical (unpaired) electrons. The minimum atomic E-state index is -0.584. The first-order valence-corrected chi connectivity index (χ1v) is 7.67. The van der Waals surface area contributed by atoms with Crippen molar-refractivity contribution in [2.75, 3.05) is 6.54 Å². The predicted octanol–water partition coefficient (Wildman–Crippen LogP) is 2.46. The molecule has 0 bridgehead atoms. The van der Waals surface area contributed by atoms with Crippen LogP contribution in [0.3, 0.4) is 0 Å². The number of ether oxygens (including phenoxy) is 1. The Bertz CT molecular complexity index is 615. The predicted molar refractivity (Wildman–Crippen MR) is 82.8 cm³/mol. The van der Waals surface area contributed by atoms with Gasteiger partial charge in [0.25, 0.3) is 11.1 Å². The van der Waals surface area contributed by atoms with E-state index in [4.69, 9.17) is 4.74 Å². The maximum Gasteiger partial charge on any atom is 0.326 e. The molecule has 1 saturated heterocycles. The Hall–Kier alpha value is -2.15. The summed E-state index contributed by atoms with van der Waals surface area (Å²) < 4.78 is 5.09. The molecule has 2 amide bonds. The average Bonchev–Trinajstić information content (AvgIpc) is 2.75. The molecule has 0 N–H and O–H groups in total. The highest BCUT2D eigenvalue weighted by atomic mass is 32.2. The minimum Gasteiger partial charge on any atom is -0.461 e. The monoisotopic (exact) mass is 320 g/mol. The van der Waals surface area contributed by atoms with Gasteiger partial charge in [-0.15, -0.1) is 0 Å². The van der Waals surface area contributed by atoms with Crippen molar-refractivity contribution in [2.24, 2.45) is 0 Å². The molecule has 0 saturated carbocycles. The molecule has 1 atom stereocenters. The standard InChI is InChI=1S/C15H16N2O4S/c1-3-10(2)21-13(18)9-17-14(19)12(22-15(17)20)7-11-5-4-6-16-8-11/h4-8,10H,3,9H2,1-2H3/b12-7+/t10-/m0/s1. The van der Waals surface area contributed by atoms with E-state index in [0.717, 1.165) is 22.2 Å². The molecule has 116 valence electrons. The van der Waals surface area contributed by atoms with E-state index in [0.29, 0.717) is 6.42 Å². The van der Waals surface area contributed by atoms with Crippen LogP contribution in [0.15, 0.2) is 29.4 Å². The molecule has 1 aliphatic heterocycles. The third-order valence-electron chi connectivity index (χ3n) is 3.05. The van der Waals surface area contributed by atoms with Gasteiger partial charge in [0.2, 0.25) is 0 Å². The fourth-order valence-electron chi connectivity index (χ4n) is 1.72. The van der Waals surface area contributed by atoms with Crippen LogP contribution in [-0.2, 0) is 14.3 Å². The summed E-state index contributed by atoms with van der Waals surface area (Å²) in [5, 5.41) is -0.471. The van der Waals surface area contributed by atoms with Crippen molar-refractivity contribution in [1.82, 2.24) is 9.88 Å². The molecule has 1 aromatic rings. The van der Waals surface area contributed by atoms with E-state index in [1.54, 1.807) is 37.5 Å². The minimum absolute atomic E-state index is 0.238. The maximum atomic E-state index is 12.2. The van der Waals surface area contributed by atoms with Gasteiger partial charge >= 0.3 is 5.97 Å². The largest absolute Gasteiger partial charge is 0.461 e. The van der Waals surface area contributed by atoms with E-state index in [2.05, 4.69) is 4.98 Å². The Morgan fingerprint density at radius 1 is 1.50 bits per heavy atom. The molecular weight excluding hydrogens is 304 g/mol. The SMILES string of the molecule is CC[C@H](C)OC(=O)CN1C(=O)S/C(=C/c2cccnc2)C1=O. The van der Waals surface area contributed by atoms with Crippen LogP contribution in [0.5, 0.6) is 0 Å². The van der Waals surface area contributed by atoms with Gasteiger partial charge in [-0.05, 0) is 42.8 Å². The van der Waals surface area contributed by atoms with Crippen molar-refractivity contribution in [2.45, 2.75) is 26.4 Å². The Labute approximate surface area is 132 Å². The van der Waals surface area contributed by atoms with Crippen LogP contribution in [0.2, 0.25) is 0 Å². The lowest BCUT2D eigenvalue weighted by Gasteiger charge is -2.14. The first-order chi connectivity index (χ1) is 10.5. The smallest absolute Gasteiger partial charge is 0.326 e. The Morgan fingerprint density at radius 3 is 2.91 bits per heavy atom. The van der Waals surface area contributed by atoms with Gasteiger partial charge in [-0.3, -0.25) is 24.3 Å². The molecule has 0 unspecified atom stereocenters. The zero-order chi connectivity index (χ0) is 16.1. The number of rotatable bonds is 5. The lowest BCUT2D eigenvalue weighted by atomic mass is 10.2. The van der Waals surface area contributed by atoms with E-state index in [1.807, 2.05) is 6.92 Å². The average molecular weight is 320 g/mol. The molecule has 2 heterocycles. The fraction of sp³-hybridized carbons (Fsp3) is 0.333. The number of imide groups is 1. The van der Waals surface area contributed by atoms with Crippen LogP contribution in [0.4, 0.5) is 4.79 Å². The van der Waals surface area contributed by atoms with Gasteiger partial charge in [0.15, 0.2) is 0 Å². The van der Waals surface area contributed by atoms with Gasteiger partial charge < -0.3 is 4.74 Å². The van der Waals surface area contributed by atoms with Crippen LogP contribution in [0.1, 0.15) is 25.8 Å². The number of carbonyl (C=O) groups is 3. The lowest BCUT2D eigenvalue weighted by Crippen LogP contribution is -2.35. The Kier molecular flexibility index (Phi) is 5.32. The molecule has 7 heteroatoms. The first kappa shape index (κ1) is 16.2. The molecule has 1 aromatic heterocycles. The second kappa shape index (κ2) is 7.22. The van der Waals surface area contributed by atoms with Gasteiger partial charge in [0.05, 0.1) is 11.0 Å². The zero-order valence-corrected chi connectivity index (χ0v) is 13.1. The van der Waals surface area contributed by atoms with E-state index in [1.165, 1.54) is 0 Å². The second-order valence-electron chi connectivity index (χ2n) is 4.76. The van der Waals surface area contributed by atoms with Gasteiger partial charge in [-0.25, -0.2) is 0 Å². The maximum absolute atomic E-state index is 12.2. The normalized spacial score (nSPS) is 17.9. The van der Waals surface area contributed by atoms with Crippen LogP contribution >= 0.6 is 11.8 Å². The summed E-state index contributed by atoms with van der Waals surface area (Å²) in [5.74, 6) is -1.07. The molecule has 1 fully saturated rings. The number of aromatic nitrogens is 1. The summed E-state index contributed by atoms with van der Waals surface area (Å²) in [6.45, 7) is 3.28. The number of hydrogen-bond donors (Lipinski definition) is 0. The summed E-state index contributed by atoms with van der Waals surface area (Å²) >= 11 is 0.806. The number of pyridine rings is 1. The third kappa shape index (κ3) is 3.94. The van der Waals surface area contributed by atoms with Crippen molar-refractivity contribution in [1.29, 1.82) is 0 Å². The van der Waals surface area contributed by atoms with Crippen molar-refractivity contribution >= 4 is 35.0 Å². The third-order valence-corrected chi connectivity index (χ3v) is 3.96. The van der Waals surface area contributed by atoms with Gasteiger partial charge in [-0.1, -0.05) is 13.0 Å². The zero-order valence-electron chi connectivity index (χ0n) is 12.3. The summed E-state index contributed by atoms with van der Waals surface area (Å²) in [7, 11) is 0.